The lowest BCUT2D eigenvalue weighted by Crippen LogP contribution is -2.52. The van der Waals surface area contributed by atoms with Crippen LogP contribution in [0, 0.1) is 0 Å². The number of aliphatic hydroxyl groups is 2. The zero-order valence-electron chi connectivity index (χ0n) is 12.2. The minimum Gasteiger partial charge on any atom is -0.391 e. The quantitative estimate of drug-likeness (QED) is 0.510. The fourth-order valence-corrected chi connectivity index (χ4v) is 2.66. The monoisotopic (exact) mass is 329 g/mol. The molecule has 1 aliphatic rings. The average Bonchev–Trinajstić information content (AvgIpc) is 3.02. The molecule has 126 valence electrons. The van der Waals surface area contributed by atoms with Crippen molar-refractivity contribution in [2.24, 2.45) is 0 Å². The molecule has 10 nitrogen and oxygen atoms in total. The van der Waals surface area contributed by atoms with Crippen molar-refractivity contribution in [2.45, 2.75) is 24.1 Å². The maximum absolute atomic E-state index is 15.1. The van der Waals surface area contributed by atoms with Crippen LogP contribution in [-0.4, -0.2) is 67.6 Å². The van der Waals surface area contributed by atoms with Crippen LogP contribution in [0.2, 0.25) is 0 Å². The lowest BCUT2D eigenvalue weighted by atomic mass is 9.96. The third-order valence-electron chi connectivity index (χ3n) is 3.96. The number of hydrogen-bond donors (Lipinski definition) is 4. The van der Waals surface area contributed by atoms with E-state index in [2.05, 4.69) is 15.0 Å². The molecule has 3 rings (SSSR count). The zero-order chi connectivity index (χ0) is 16.8. The summed E-state index contributed by atoms with van der Waals surface area (Å²) >= 11 is 0. The highest BCUT2D eigenvalue weighted by atomic mass is 19.1. The molecule has 23 heavy (non-hydrogen) atoms. The van der Waals surface area contributed by atoms with Crippen molar-refractivity contribution in [2.75, 3.05) is 26.1 Å². The number of halogens is 1. The van der Waals surface area contributed by atoms with E-state index in [9.17, 15) is 15.0 Å². The number of ether oxygens (including phenoxy) is 2. The van der Waals surface area contributed by atoms with Crippen molar-refractivity contribution in [3.8, 4) is 0 Å². The lowest BCUT2D eigenvalue weighted by molar-refractivity contribution is -0.252. The van der Waals surface area contributed by atoms with Gasteiger partial charge in [-0.1, -0.05) is 0 Å². The SMILES string of the molecule is CO[C@]1(CO)OC[C@](F)(Cn2cnc3c(=O)[nH]c(N)nc32)[C@@H]1O. The second-order valence-corrected chi connectivity index (χ2v) is 5.40. The number of nitrogens with two attached hydrogens (primary N) is 1. The highest BCUT2D eigenvalue weighted by Crippen LogP contribution is 2.38. The van der Waals surface area contributed by atoms with Gasteiger partial charge in [0, 0.05) is 7.11 Å². The summed E-state index contributed by atoms with van der Waals surface area (Å²) in [7, 11) is 1.19. The van der Waals surface area contributed by atoms with Gasteiger partial charge in [-0.15, -0.1) is 0 Å². The first-order valence-corrected chi connectivity index (χ1v) is 6.73. The van der Waals surface area contributed by atoms with Crippen molar-refractivity contribution in [1.29, 1.82) is 0 Å². The van der Waals surface area contributed by atoms with Gasteiger partial charge in [0.05, 0.1) is 19.5 Å². The number of aromatic nitrogens is 4. The Morgan fingerprint density at radius 2 is 2.43 bits per heavy atom. The molecule has 5 N–H and O–H groups in total. The maximum Gasteiger partial charge on any atom is 0.280 e. The molecule has 0 spiro atoms. The summed E-state index contributed by atoms with van der Waals surface area (Å²) in [5.41, 5.74) is 2.73. The predicted molar refractivity (Wildman–Crippen MR) is 75.2 cm³/mol. The van der Waals surface area contributed by atoms with E-state index in [1.54, 1.807) is 0 Å². The number of nitrogens with one attached hydrogen (secondary N) is 1. The van der Waals surface area contributed by atoms with Crippen molar-refractivity contribution in [3.05, 3.63) is 16.7 Å². The standard InChI is InChI=1S/C12H16FN5O5/c1-22-12(3-19)9(21)11(13,4-23-12)2-18-5-15-6-7(18)16-10(14)17-8(6)20/h5,9,19,21H,2-4H2,1H3,(H3,14,16,17,20)/t9-,11+,12+/m0/s1. The maximum atomic E-state index is 15.1. The van der Waals surface area contributed by atoms with Crippen LogP contribution in [0.25, 0.3) is 11.2 Å². The molecule has 0 unspecified atom stereocenters. The molecule has 0 saturated carbocycles. The molecule has 0 bridgehead atoms. The Morgan fingerprint density at radius 3 is 3.04 bits per heavy atom. The zero-order valence-corrected chi connectivity index (χ0v) is 12.2. The van der Waals surface area contributed by atoms with Gasteiger partial charge in [0.1, 0.15) is 12.7 Å². The summed E-state index contributed by atoms with van der Waals surface area (Å²) in [4.78, 5) is 21.8. The second-order valence-electron chi connectivity index (χ2n) is 5.40. The van der Waals surface area contributed by atoms with E-state index >= 15 is 4.39 Å². The number of H-pyrrole nitrogens is 1. The molecule has 2 aromatic heterocycles. The van der Waals surface area contributed by atoms with Crippen molar-refractivity contribution in [1.82, 2.24) is 19.5 Å². The topological polar surface area (TPSA) is 149 Å². The Balaban J connectivity index is 1.98. The van der Waals surface area contributed by atoms with Crippen molar-refractivity contribution in [3.63, 3.8) is 0 Å². The molecule has 1 aliphatic heterocycles. The number of anilines is 1. The van der Waals surface area contributed by atoms with Crippen LogP contribution in [0.3, 0.4) is 0 Å². The fraction of sp³-hybridized carbons (Fsp3) is 0.583. The van der Waals surface area contributed by atoms with Gasteiger partial charge in [-0.05, 0) is 0 Å². The van der Waals surface area contributed by atoms with E-state index < -0.39 is 42.9 Å². The van der Waals surface area contributed by atoms with E-state index in [0.29, 0.717) is 0 Å². The number of nitrogen functional groups attached to an aromatic ring is 1. The van der Waals surface area contributed by atoms with Crippen molar-refractivity contribution >= 4 is 17.1 Å². The Kier molecular flexibility index (Phi) is 3.59. The van der Waals surface area contributed by atoms with Gasteiger partial charge < -0.3 is 30.0 Å². The second kappa shape index (κ2) is 5.23. The normalized spacial score (nSPS) is 31.0. The largest absolute Gasteiger partial charge is 0.391 e. The molecular formula is C12H16FN5O5. The van der Waals surface area contributed by atoms with Gasteiger partial charge >= 0.3 is 0 Å². The smallest absolute Gasteiger partial charge is 0.280 e. The summed E-state index contributed by atoms with van der Waals surface area (Å²) in [6.45, 7) is -1.64. The molecule has 0 radical (unpaired) electrons. The molecule has 3 atom stereocenters. The number of alkyl halides is 1. The number of fused-ring (bicyclic) bond motifs is 1. The lowest BCUT2D eigenvalue weighted by Gasteiger charge is -2.30. The van der Waals surface area contributed by atoms with Crippen molar-refractivity contribution < 1.29 is 24.1 Å². The van der Waals surface area contributed by atoms with Gasteiger partial charge in [0.15, 0.2) is 16.8 Å². The molecule has 2 aromatic rings. The molecular weight excluding hydrogens is 313 g/mol. The van der Waals surface area contributed by atoms with Crippen LogP contribution in [0.5, 0.6) is 0 Å². The summed E-state index contributed by atoms with van der Waals surface area (Å²) < 4.78 is 26.4. The number of aromatic amines is 1. The van der Waals surface area contributed by atoms with Gasteiger partial charge in [-0.25, -0.2) is 9.37 Å². The van der Waals surface area contributed by atoms with Gasteiger partial charge in [-0.2, -0.15) is 4.98 Å². The summed E-state index contributed by atoms with van der Waals surface area (Å²) in [5.74, 6) is -1.98. The third-order valence-corrected chi connectivity index (χ3v) is 3.96. The number of nitrogens with zero attached hydrogens (tertiary/aromatic N) is 3. The third kappa shape index (κ3) is 2.28. The summed E-state index contributed by atoms with van der Waals surface area (Å²) in [6, 6.07) is 0. The minimum atomic E-state index is -2.27. The Bertz CT molecular complexity index is 788. The van der Waals surface area contributed by atoms with Crippen LogP contribution in [-0.2, 0) is 16.0 Å². The minimum absolute atomic E-state index is 0.00336. The molecule has 0 aliphatic carbocycles. The van der Waals surface area contributed by atoms with Gasteiger partial charge in [0.2, 0.25) is 11.7 Å². The van der Waals surface area contributed by atoms with E-state index in [1.807, 2.05) is 0 Å². The summed E-state index contributed by atoms with van der Waals surface area (Å²) in [5, 5.41) is 19.5. The van der Waals surface area contributed by atoms with Crippen LogP contribution in [0.1, 0.15) is 0 Å². The number of aliphatic hydroxyl groups excluding tert-OH is 2. The number of rotatable bonds is 4. The number of hydrogen-bond acceptors (Lipinski definition) is 8. The number of methoxy groups -OCH3 is 1. The van der Waals surface area contributed by atoms with E-state index in [0.717, 1.165) is 0 Å². The van der Waals surface area contributed by atoms with Gasteiger partial charge in [0.25, 0.3) is 5.56 Å². The number of imidazole rings is 1. The van der Waals surface area contributed by atoms with E-state index in [1.165, 1.54) is 18.0 Å². The van der Waals surface area contributed by atoms with Gasteiger partial charge in [-0.3, -0.25) is 9.78 Å². The van der Waals surface area contributed by atoms with Crippen LogP contribution >= 0.6 is 0 Å². The van der Waals surface area contributed by atoms with E-state index in [-0.39, 0.29) is 17.1 Å². The van der Waals surface area contributed by atoms with Crippen LogP contribution in [0.15, 0.2) is 11.1 Å². The Hall–Kier alpha value is -2.08. The first-order chi connectivity index (χ1) is 10.8. The fourth-order valence-electron chi connectivity index (χ4n) is 2.66. The highest BCUT2D eigenvalue weighted by molar-refractivity contribution is 5.70. The molecule has 3 heterocycles. The molecule has 11 heteroatoms. The molecule has 1 fully saturated rings. The molecule has 1 saturated heterocycles. The summed E-state index contributed by atoms with van der Waals surface area (Å²) in [6.07, 6.45) is -0.534. The first-order valence-electron chi connectivity index (χ1n) is 6.73. The molecule has 0 aromatic carbocycles. The van der Waals surface area contributed by atoms with Crippen LogP contribution < -0.4 is 11.3 Å². The highest BCUT2D eigenvalue weighted by Gasteiger charge is 2.60. The van der Waals surface area contributed by atoms with Crippen LogP contribution in [0.4, 0.5) is 10.3 Å². The van der Waals surface area contributed by atoms with E-state index in [4.69, 9.17) is 15.2 Å². The predicted octanol–water partition coefficient (Wildman–Crippen LogP) is -1.86. The first kappa shape index (κ1) is 15.8. The molecule has 0 amide bonds. The Labute approximate surface area is 128 Å². The Morgan fingerprint density at radius 1 is 1.70 bits per heavy atom. The average molecular weight is 329 g/mol.